The quantitative estimate of drug-likeness (QED) is 0.0373. The smallest absolute Gasteiger partial charge is 0.306 e. The first-order valence-corrected chi connectivity index (χ1v) is 30.5. The average molecular weight is 978 g/mol. The van der Waals surface area contributed by atoms with E-state index in [0.29, 0.717) is 12.8 Å². The summed E-state index contributed by atoms with van der Waals surface area (Å²) in [6, 6.07) is 0. The lowest BCUT2D eigenvalue weighted by Crippen LogP contribution is -2.28. The lowest BCUT2D eigenvalue weighted by atomic mass is 10.0. The summed E-state index contributed by atoms with van der Waals surface area (Å²) in [5.74, 6) is -0.574. The molecule has 5 nitrogen and oxygen atoms in total. The minimum atomic E-state index is -0.769. The number of esters is 2. The van der Waals surface area contributed by atoms with Gasteiger partial charge in [-0.1, -0.05) is 305 Å². The van der Waals surface area contributed by atoms with Crippen molar-refractivity contribution in [3.05, 3.63) is 72.9 Å². The standard InChI is InChI=1S/C65H116O5/c1-3-5-7-9-11-13-15-17-19-20-21-22-23-24-25-26-27-28-29-30-31-32-33-34-35-36-37-38-39-40-41-42-43-44-46-48-50-52-54-56-58-60-65(68)70-63(61-66)62-69-64(67)59-57-55-53-51-49-47-45-18-16-14-12-10-8-6-4-2/h5,7,11,13,17,19,21-22,24-25,27-28,63,66H,3-4,6,8-10,12,14-16,18,20,23,26,29-62H2,1-2H3/b7-5-,13-11-,19-17-,22-21-,25-24-,28-27-. The third-order valence-electron chi connectivity index (χ3n) is 13.5. The van der Waals surface area contributed by atoms with Crippen LogP contribution in [0.2, 0.25) is 0 Å². The second kappa shape index (κ2) is 60.6. The van der Waals surface area contributed by atoms with E-state index < -0.39 is 6.10 Å². The second-order valence-electron chi connectivity index (χ2n) is 20.4. The normalized spacial score (nSPS) is 12.7. The van der Waals surface area contributed by atoms with Crippen LogP contribution in [-0.4, -0.2) is 36.4 Å². The van der Waals surface area contributed by atoms with E-state index >= 15 is 0 Å². The first kappa shape index (κ1) is 67.3. The number of carbonyl (C=O) groups excluding carboxylic acids is 2. The predicted octanol–water partition coefficient (Wildman–Crippen LogP) is 20.8. The first-order chi connectivity index (χ1) is 34.6. The van der Waals surface area contributed by atoms with Gasteiger partial charge < -0.3 is 14.6 Å². The van der Waals surface area contributed by atoms with Crippen LogP contribution in [0.1, 0.15) is 309 Å². The summed E-state index contributed by atoms with van der Waals surface area (Å²) in [5.41, 5.74) is 0. The van der Waals surface area contributed by atoms with Crippen molar-refractivity contribution in [2.75, 3.05) is 13.2 Å². The molecule has 0 aliphatic carbocycles. The molecule has 0 aromatic rings. The Morgan fingerprint density at radius 3 is 0.929 bits per heavy atom. The van der Waals surface area contributed by atoms with Crippen molar-refractivity contribution >= 4 is 11.9 Å². The molecule has 0 amide bonds. The van der Waals surface area contributed by atoms with E-state index in [1.807, 2.05) is 0 Å². The Morgan fingerprint density at radius 2 is 0.614 bits per heavy atom. The number of allylic oxidation sites excluding steroid dienone is 12. The van der Waals surface area contributed by atoms with Crippen molar-refractivity contribution in [1.82, 2.24) is 0 Å². The van der Waals surface area contributed by atoms with Gasteiger partial charge in [0.2, 0.25) is 0 Å². The maximum atomic E-state index is 12.3. The molecule has 5 heteroatoms. The Hall–Kier alpha value is -2.66. The van der Waals surface area contributed by atoms with Gasteiger partial charge in [-0.3, -0.25) is 9.59 Å². The third kappa shape index (κ3) is 57.9. The van der Waals surface area contributed by atoms with Crippen molar-refractivity contribution in [3.63, 3.8) is 0 Å². The van der Waals surface area contributed by atoms with Crippen molar-refractivity contribution < 1.29 is 24.2 Å². The Morgan fingerprint density at radius 1 is 0.343 bits per heavy atom. The van der Waals surface area contributed by atoms with Gasteiger partial charge in [0.1, 0.15) is 6.61 Å². The zero-order valence-electron chi connectivity index (χ0n) is 46.5. The van der Waals surface area contributed by atoms with E-state index in [9.17, 15) is 14.7 Å². The van der Waals surface area contributed by atoms with Crippen LogP contribution in [0.4, 0.5) is 0 Å². The monoisotopic (exact) mass is 977 g/mol. The van der Waals surface area contributed by atoms with Crippen LogP contribution in [0.25, 0.3) is 0 Å². The highest BCUT2D eigenvalue weighted by Gasteiger charge is 2.16. The highest BCUT2D eigenvalue weighted by atomic mass is 16.6. The zero-order chi connectivity index (χ0) is 50.6. The molecule has 0 aromatic carbocycles. The summed E-state index contributed by atoms with van der Waals surface area (Å²) in [5, 5.41) is 9.64. The number of rotatable bonds is 56. The summed E-state index contributed by atoms with van der Waals surface area (Å²) >= 11 is 0. The summed E-state index contributed by atoms with van der Waals surface area (Å²) < 4.78 is 10.7. The van der Waals surface area contributed by atoms with Gasteiger partial charge in [0, 0.05) is 12.8 Å². The molecule has 1 atom stereocenters. The maximum Gasteiger partial charge on any atom is 0.306 e. The van der Waals surface area contributed by atoms with Gasteiger partial charge >= 0.3 is 11.9 Å². The summed E-state index contributed by atoms with van der Waals surface area (Å²) in [6.07, 6.45) is 83.4. The third-order valence-corrected chi connectivity index (χ3v) is 13.5. The van der Waals surface area contributed by atoms with Crippen LogP contribution in [0.5, 0.6) is 0 Å². The molecular formula is C65H116O5. The summed E-state index contributed by atoms with van der Waals surface area (Å²) in [4.78, 5) is 24.5. The first-order valence-electron chi connectivity index (χ1n) is 30.5. The molecule has 1 unspecified atom stereocenters. The summed E-state index contributed by atoms with van der Waals surface area (Å²) in [6.45, 7) is 4.06. The number of aliphatic hydroxyl groups excluding tert-OH is 1. The van der Waals surface area contributed by atoms with Crippen LogP contribution in [0.3, 0.4) is 0 Å². The van der Waals surface area contributed by atoms with Crippen LogP contribution in [-0.2, 0) is 19.1 Å². The zero-order valence-corrected chi connectivity index (χ0v) is 46.5. The Bertz CT molecular complexity index is 1240. The molecule has 0 heterocycles. The Labute approximate surface area is 435 Å². The predicted molar refractivity (Wildman–Crippen MR) is 306 cm³/mol. The lowest BCUT2D eigenvalue weighted by Gasteiger charge is -2.15. The number of hydrogen-bond acceptors (Lipinski definition) is 5. The van der Waals surface area contributed by atoms with Gasteiger partial charge in [-0.15, -0.1) is 0 Å². The largest absolute Gasteiger partial charge is 0.462 e. The molecular weight excluding hydrogens is 861 g/mol. The molecule has 0 bridgehead atoms. The van der Waals surface area contributed by atoms with Crippen LogP contribution < -0.4 is 0 Å². The topological polar surface area (TPSA) is 72.8 Å². The van der Waals surface area contributed by atoms with Crippen LogP contribution in [0, 0.1) is 0 Å². The fraction of sp³-hybridized carbons (Fsp3) is 0.785. The fourth-order valence-corrected chi connectivity index (χ4v) is 8.97. The Balaban J connectivity index is 3.41. The van der Waals surface area contributed by atoms with Gasteiger partial charge in [0.15, 0.2) is 6.10 Å². The molecule has 0 fully saturated rings. The number of unbranched alkanes of at least 4 members (excludes halogenated alkanes) is 36. The van der Waals surface area contributed by atoms with Gasteiger partial charge in [-0.25, -0.2) is 0 Å². The van der Waals surface area contributed by atoms with Gasteiger partial charge in [-0.05, 0) is 64.2 Å². The van der Waals surface area contributed by atoms with E-state index in [-0.39, 0.29) is 25.2 Å². The SMILES string of the molecule is CC/C=C\C/C=C\C/C=C\C/C=C\C/C=C\C/C=C\CCCCCCCCCCCCCCCCCCCCCCCCC(=O)OC(CO)COC(=O)CCCCCCCCCCCCCCCCC. The van der Waals surface area contributed by atoms with Gasteiger partial charge in [0.25, 0.3) is 0 Å². The molecule has 70 heavy (non-hydrogen) atoms. The van der Waals surface area contributed by atoms with Crippen molar-refractivity contribution in [2.45, 2.75) is 315 Å². The molecule has 406 valence electrons. The van der Waals surface area contributed by atoms with Gasteiger partial charge in [0.05, 0.1) is 6.61 Å². The average Bonchev–Trinajstić information content (AvgIpc) is 3.36. The molecule has 0 spiro atoms. The highest BCUT2D eigenvalue weighted by molar-refractivity contribution is 5.70. The molecule has 1 N–H and O–H groups in total. The fourth-order valence-electron chi connectivity index (χ4n) is 8.97. The molecule has 0 aliphatic heterocycles. The molecule has 0 aliphatic rings. The lowest BCUT2D eigenvalue weighted by molar-refractivity contribution is -0.161. The van der Waals surface area contributed by atoms with Gasteiger partial charge in [-0.2, -0.15) is 0 Å². The van der Waals surface area contributed by atoms with Crippen LogP contribution in [0.15, 0.2) is 72.9 Å². The van der Waals surface area contributed by atoms with E-state index in [2.05, 4.69) is 86.8 Å². The van der Waals surface area contributed by atoms with E-state index in [1.54, 1.807) is 0 Å². The van der Waals surface area contributed by atoms with E-state index in [1.165, 1.54) is 205 Å². The molecule has 0 aromatic heterocycles. The minimum Gasteiger partial charge on any atom is -0.462 e. The van der Waals surface area contributed by atoms with Crippen molar-refractivity contribution in [2.24, 2.45) is 0 Å². The molecule has 0 saturated carbocycles. The molecule has 0 rings (SSSR count). The number of ether oxygens (including phenoxy) is 2. The molecule has 0 saturated heterocycles. The van der Waals surface area contributed by atoms with E-state index in [0.717, 1.165) is 77.0 Å². The molecule has 0 radical (unpaired) electrons. The number of hydrogen-bond donors (Lipinski definition) is 1. The van der Waals surface area contributed by atoms with Crippen molar-refractivity contribution in [3.8, 4) is 0 Å². The maximum absolute atomic E-state index is 12.3. The highest BCUT2D eigenvalue weighted by Crippen LogP contribution is 2.17. The number of carbonyl (C=O) groups is 2. The Kier molecular flexibility index (Phi) is 58.3. The minimum absolute atomic E-state index is 0.0606. The van der Waals surface area contributed by atoms with Crippen LogP contribution >= 0.6 is 0 Å². The van der Waals surface area contributed by atoms with E-state index in [4.69, 9.17) is 9.47 Å². The van der Waals surface area contributed by atoms with Crippen molar-refractivity contribution in [1.29, 1.82) is 0 Å². The summed E-state index contributed by atoms with van der Waals surface area (Å²) in [7, 11) is 0. The second-order valence-corrected chi connectivity index (χ2v) is 20.4. The number of aliphatic hydroxyl groups is 1.